The van der Waals surface area contributed by atoms with Crippen molar-refractivity contribution in [2.75, 3.05) is 6.61 Å². The molecule has 0 bridgehead atoms. The summed E-state index contributed by atoms with van der Waals surface area (Å²) in [4.78, 5) is 49.9. The van der Waals surface area contributed by atoms with E-state index < -0.39 is 59.6 Å². The Balaban J connectivity index is 1.56. The molecule has 2 aliphatic carbocycles. The van der Waals surface area contributed by atoms with Crippen LogP contribution in [0.1, 0.15) is 43.4 Å². The van der Waals surface area contributed by atoms with Gasteiger partial charge in [0.1, 0.15) is 18.8 Å². The zero-order valence-electron chi connectivity index (χ0n) is 20.3. The lowest BCUT2D eigenvalue weighted by molar-refractivity contribution is -0.202. The van der Waals surface area contributed by atoms with E-state index >= 15 is 0 Å². The van der Waals surface area contributed by atoms with Crippen LogP contribution in [0, 0.1) is 5.92 Å². The monoisotopic (exact) mass is 492 g/mol. The van der Waals surface area contributed by atoms with Gasteiger partial charge in [-0.25, -0.2) is 0 Å². The molecule has 8 heteroatoms. The Morgan fingerprint density at radius 1 is 0.861 bits per heavy atom. The Hall–Kier alpha value is -3.52. The van der Waals surface area contributed by atoms with Gasteiger partial charge in [0.25, 0.3) is 0 Å². The highest BCUT2D eigenvalue weighted by Crippen LogP contribution is 2.68. The van der Waals surface area contributed by atoms with Gasteiger partial charge in [-0.15, -0.1) is 0 Å². The molecule has 0 amide bonds. The van der Waals surface area contributed by atoms with Gasteiger partial charge in [0.2, 0.25) is 0 Å². The van der Waals surface area contributed by atoms with Crippen LogP contribution in [0.3, 0.4) is 0 Å². The topological polar surface area (TPSA) is 105 Å². The highest BCUT2D eigenvalue weighted by atomic mass is 16.6. The van der Waals surface area contributed by atoms with Crippen LogP contribution >= 0.6 is 0 Å². The van der Waals surface area contributed by atoms with Crippen molar-refractivity contribution in [3.63, 3.8) is 0 Å². The molecule has 4 unspecified atom stereocenters. The first-order chi connectivity index (χ1) is 17.2. The summed E-state index contributed by atoms with van der Waals surface area (Å²) in [5, 5.41) is 0. The quantitative estimate of drug-likeness (QED) is 0.448. The molecule has 8 nitrogen and oxygen atoms in total. The number of ether oxygens (including phenoxy) is 4. The Morgan fingerprint density at radius 2 is 1.50 bits per heavy atom. The number of benzene rings is 2. The molecule has 0 N–H and O–H groups in total. The average molecular weight is 493 g/mol. The Bertz CT molecular complexity index is 1210. The van der Waals surface area contributed by atoms with Crippen LogP contribution in [0.2, 0.25) is 0 Å². The SMILES string of the molecule is CC(=O)OC[C@H]1OC2C([C@@H](OC(C)=O)[C@@H]1OC(C)=O)C21C(=O)C(Cc2ccccc2)c2ccccc21. The van der Waals surface area contributed by atoms with Crippen LogP contribution in [0.25, 0.3) is 0 Å². The molecule has 2 aromatic carbocycles. The molecular weight excluding hydrogens is 464 g/mol. The zero-order valence-corrected chi connectivity index (χ0v) is 20.3. The number of hydrogen-bond donors (Lipinski definition) is 0. The molecule has 5 rings (SSSR count). The molecule has 1 heterocycles. The Labute approximate surface area is 208 Å². The number of ketones is 1. The summed E-state index contributed by atoms with van der Waals surface area (Å²) in [6, 6.07) is 17.5. The predicted octanol–water partition coefficient (Wildman–Crippen LogP) is 2.66. The standard InChI is InChI=1S/C28H28O8/c1-15(29)33-14-22-24(34-16(2)30)25(35-17(3)31)23-27(36-22)28(23)21-12-8-7-11-19(21)20(26(28)32)13-18-9-5-4-6-10-18/h4-12,20,22-25,27H,13-14H2,1-3H3/t20?,22-,23?,24-,25-,27?,28?/m1/s1. The van der Waals surface area contributed by atoms with Gasteiger partial charge < -0.3 is 18.9 Å². The van der Waals surface area contributed by atoms with Gasteiger partial charge in [-0.05, 0) is 23.1 Å². The second-order valence-electron chi connectivity index (χ2n) is 9.63. The minimum Gasteiger partial charge on any atom is -0.463 e. The molecule has 1 saturated carbocycles. The second kappa shape index (κ2) is 9.17. The van der Waals surface area contributed by atoms with E-state index in [2.05, 4.69) is 0 Å². The third-order valence-electron chi connectivity index (χ3n) is 7.40. The predicted molar refractivity (Wildman–Crippen MR) is 126 cm³/mol. The average Bonchev–Trinajstić information content (AvgIpc) is 3.44. The highest BCUT2D eigenvalue weighted by molar-refractivity contribution is 6.05. The summed E-state index contributed by atoms with van der Waals surface area (Å²) < 4.78 is 22.8. The molecule has 188 valence electrons. The van der Waals surface area contributed by atoms with E-state index in [1.54, 1.807) is 0 Å². The van der Waals surface area contributed by atoms with Gasteiger partial charge >= 0.3 is 17.9 Å². The Morgan fingerprint density at radius 3 is 2.17 bits per heavy atom. The summed E-state index contributed by atoms with van der Waals surface area (Å²) in [6.45, 7) is 3.58. The number of carbonyl (C=O) groups excluding carboxylic acids is 4. The van der Waals surface area contributed by atoms with Crippen molar-refractivity contribution < 1.29 is 38.1 Å². The molecule has 7 atom stereocenters. The van der Waals surface area contributed by atoms with Gasteiger partial charge in [-0.1, -0.05) is 54.6 Å². The summed E-state index contributed by atoms with van der Waals surface area (Å²) >= 11 is 0. The lowest BCUT2D eigenvalue weighted by Crippen LogP contribution is -2.51. The van der Waals surface area contributed by atoms with Crippen molar-refractivity contribution in [3.8, 4) is 0 Å². The van der Waals surface area contributed by atoms with Gasteiger partial charge in [-0.3, -0.25) is 19.2 Å². The summed E-state index contributed by atoms with van der Waals surface area (Å²) in [5.74, 6) is -2.62. The molecule has 1 aliphatic heterocycles. The van der Waals surface area contributed by atoms with Crippen LogP contribution in [0.5, 0.6) is 0 Å². The molecule has 0 radical (unpaired) electrons. The van der Waals surface area contributed by atoms with E-state index in [-0.39, 0.29) is 12.4 Å². The van der Waals surface area contributed by atoms with Crippen LogP contribution in [-0.4, -0.2) is 54.7 Å². The maximum absolute atomic E-state index is 14.2. The third kappa shape index (κ3) is 3.89. The number of esters is 3. The fourth-order valence-corrected chi connectivity index (χ4v) is 6.12. The van der Waals surface area contributed by atoms with Crippen molar-refractivity contribution in [2.24, 2.45) is 5.92 Å². The van der Waals surface area contributed by atoms with Gasteiger partial charge in [-0.2, -0.15) is 0 Å². The van der Waals surface area contributed by atoms with E-state index in [4.69, 9.17) is 18.9 Å². The van der Waals surface area contributed by atoms with Crippen molar-refractivity contribution in [3.05, 3.63) is 71.3 Å². The molecule has 1 spiro atoms. The van der Waals surface area contributed by atoms with Crippen LogP contribution in [0.4, 0.5) is 0 Å². The normalized spacial score (nSPS) is 31.8. The molecule has 3 aliphatic rings. The summed E-state index contributed by atoms with van der Waals surface area (Å²) in [5.41, 5.74) is 1.76. The summed E-state index contributed by atoms with van der Waals surface area (Å²) in [7, 11) is 0. The molecule has 2 fully saturated rings. The van der Waals surface area contributed by atoms with Crippen LogP contribution in [-0.2, 0) is 50.0 Å². The first-order valence-corrected chi connectivity index (χ1v) is 12.1. The maximum Gasteiger partial charge on any atom is 0.303 e. The van der Waals surface area contributed by atoms with Crippen molar-refractivity contribution in [1.29, 1.82) is 0 Å². The van der Waals surface area contributed by atoms with Crippen LogP contribution in [0.15, 0.2) is 54.6 Å². The first-order valence-electron chi connectivity index (χ1n) is 12.1. The highest BCUT2D eigenvalue weighted by Gasteiger charge is 2.81. The van der Waals surface area contributed by atoms with Crippen LogP contribution < -0.4 is 0 Å². The number of carbonyl (C=O) groups is 4. The molecule has 2 aromatic rings. The van der Waals surface area contributed by atoms with E-state index in [0.717, 1.165) is 16.7 Å². The number of fused-ring (bicyclic) bond motifs is 5. The Kier molecular flexibility index (Phi) is 6.16. The smallest absolute Gasteiger partial charge is 0.303 e. The van der Waals surface area contributed by atoms with Crippen molar-refractivity contribution in [2.45, 2.75) is 62.9 Å². The zero-order chi connectivity index (χ0) is 25.6. The maximum atomic E-state index is 14.2. The van der Waals surface area contributed by atoms with E-state index in [1.807, 2.05) is 54.6 Å². The first kappa shape index (κ1) is 24.2. The lowest BCUT2D eigenvalue weighted by atomic mass is 9.88. The fraction of sp³-hybridized carbons (Fsp3) is 0.429. The van der Waals surface area contributed by atoms with Crippen molar-refractivity contribution >= 4 is 23.7 Å². The number of hydrogen-bond acceptors (Lipinski definition) is 8. The van der Waals surface area contributed by atoms with Crippen molar-refractivity contribution in [1.82, 2.24) is 0 Å². The largest absolute Gasteiger partial charge is 0.463 e. The van der Waals surface area contributed by atoms with Gasteiger partial charge in [0.05, 0.1) is 11.5 Å². The number of rotatable bonds is 6. The third-order valence-corrected chi connectivity index (χ3v) is 7.40. The van der Waals surface area contributed by atoms with E-state index in [9.17, 15) is 19.2 Å². The minimum atomic E-state index is -1.04. The molecular formula is C28H28O8. The summed E-state index contributed by atoms with van der Waals surface area (Å²) in [6.07, 6.45) is -2.93. The second-order valence-corrected chi connectivity index (χ2v) is 9.63. The molecule has 0 aromatic heterocycles. The van der Waals surface area contributed by atoms with E-state index in [0.29, 0.717) is 6.42 Å². The van der Waals surface area contributed by atoms with Gasteiger partial charge in [0, 0.05) is 32.6 Å². The van der Waals surface area contributed by atoms with E-state index in [1.165, 1.54) is 20.8 Å². The minimum absolute atomic E-state index is 0.00517. The fourth-order valence-electron chi connectivity index (χ4n) is 6.12. The number of Topliss-reactive ketones (excluding diaryl/α,β-unsaturated/α-hetero) is 1. The molecule has 36 heavy (non-hydrogen) atoms. The molecule has 1 saturated heterocycles. The lowest BCUT2D eigenvalue weighted by Gasteiger charge is -2.35. The van der Waals surface area contributed by atoms with Gasteiger partial charge in [0.15, 0.2) is 11.9 Å².